The van der Waals surface area contributed by atoms with Gasteiger partial charge in [-0.1, -0.05) is 29.3 Å². The Morgan fingerprint density at radius 1 is 1.05 bits per heavy atom. The van der Waals surface area contributed by atoms with Gasteiger partial charge in [-0.05, 0) is 45.9 Å². The van der Waals surface area contributed by atoms with Crippen molar-refractivity contribution in [3.05, 3.63) is 52.3 Å². The maximum Gasteiger partial charge on any atom is 0.0596 e. The molecule has 0 saturated heterocycles. The van der Waals surface area contributed by atoms with Crippen LogP contribution in [-0.4, -0.2) is 22.9 Å². The van der Waals surface area contributed by atoms with Crippen molar-refractivity contribution in [2.45, 2.75) is 39.7 Å². The summed E-state index contributed by atoms with van der Waals surface area (Å²) in [6, 6.07) is 9.40. The van der Waals surface area contributed by atoms with Gasteiger partial charge in [0.2, 0.25) is 0 Å². The van der Waals surface area contributed by atoms with Gasteiger partial charge in [-0.15, -0.1) is 0 Å². The molecule has 1 atom stereocenters. The first-order valence-electron chi connectivity index (χ1n) is 7.22. The average molecular weight is 271 g/mol. The fraction of sp³-hybridized carbons (Fsp3) is 0.471. The van der Waals surface area contributed by atoms with Crippen molar-refractivity contribution in [3.8, 4) is 0 Å². The molecule has 3 heteroatoms. The summed E-state index contributed by atoms with van der Waals surface area (Å²) < 4.78 is 1.99. The number of hydrogen-bond donors (Lipinski definition) is 1. The maximum absolute atomic E-state index is 4.42. The van der Waals surface area contributed by atoms with E-state index in [1.807, 2.05) is 25.7 Å². The smallest absolute Gasteiger partial charge is 0.0596 e. The van der Waals surface area contributed by atoms with E-state index in [4.69, 9.17) is 0 Å². The van der Waals surface area contributed by atoms with Crippen molar-refractivity contribution >= 4 is 0 Å². The summed E-state index contributed by atoms with van der Waals surface area (Å²) in [7, 11) is 4.06. The second-order valence-electron chi connectivity index (χ2n) is 5.79. The maximum atomic E-state index is 4.42. The van der Waals surface area contributed by atoms with E-state index in [2.05, 4.69) is 48.5 Å². The first kappa shape index (κ1) is 14.8. The van der Waals surface area contributed by atoms with Crippen LogP contribution in [0.4, 0.5) is 0 Å². The van der Waals surface area contributed by atoms with Crippen molar-refractivity contribution in [2.75, 3.05) is 7.05 Å². The summed E-state index contributed by atoms with van der Waals surface area (Å²) in [5, 5.41) is 7.86. The van der Waals surface area contributed by atoms with Gasteiger partial charge in [-0.2, -0.15) is 5.10 Å². The zero-order valence-electron chi connectivity index (χ0n) is 13.2. The van der Waals surface area contributed by atoms with E-state index < -0.39 is 0 Å². The normalized spacial score (nSPS) is 12.7. The molecule has 0 amide bonds. The lowest BCUT2D eigenvalue weighted by Crippen LogP contribution is -2.30. The van der Waals surface area contributed by atoms with E-state index >= 15 is 0 Å². The molecule has 0 radical (unpaired) electrons. The molecule has 0 aliphatic rings. The quantitative estimate of drug-likeness (QED) is 0.906. The molecule has 0 fully saturated rings. The molecule has 2 aromatic rings. The summed E-state index contributed by atoms with van der Waals surface area (Å²) in [4.78, 5) is 0. The van der Waals surface area contributed by atoms with Crippen molar-refractivity contribution in [1.29, 1.82) is 0 Å². The largest absolute Gasteiger partial charge is 0.316 e. The van der Waals surface area contributed by atoms with Crippen LogP contribution in [0.3, 0.4) is 0 Å². The molecule has 3 nitrogen and oxygen atoms in total. The molecule has 1 unspecified atom stereocenters. The Balaban J connectivity index is 2.10. The molecule has 0 saturated carbocycles. The third kappa shape index (κ3) is 3.70. The summed E-state index contributed by atoms with van der Waals surface area (Å²) in [6.45, 7) is 6.37. The number of benzene rings is 1. The van der Waals surface area contributed by atoms with E-state index in [0.717, 1.165) is 18.5 Å². The van der Waals surface area contributed by atoms with Crippen LogP contribution >= 0.6 is 0 Å². The lowest BCUT2D eigenvalue weighted by Gasteiger charge is -2.17. The summed E-state index contributed by atoms with van der Waals surface area (Å²) in [5.41, 5.74) is 6.45. The number of rotatable bonds is 5. The van der Waals surface area contributed by atoms with Gasteiger partial charge in [-0.25, -0.2) is 0 Å². The van der Waals surface area contributed by atoms with Crippen LogP contribution in [0.2, 0.25) is 0 Å². The minimum absolute atomic E-state index is 0.436. The molecular formula is C17H25N3. The van der Waals surface area contributed by atoms with Gasteiger partial charge in [0.25, 0.3) is 0 Å². The van der Waals surface area contributed by atoms with Crippen LogP contribution in [0.25, 0.3) is 0 Å². The molecule has 2 rings (SSSR count). The molecule has 1 N–H and O–H groups in total. The van der Waals surface area contributed by atoms with Crippen LogP contribution in [-0.2, 0) is 19.9 Å². The minimum Gasteiger partial charge on any atom is -0.316 e. The molecule has 108 valence electrons. The Hall–Kier alpha value is -1.61. The molecule has 20 heavy (non-hydrogen) atoms. The number of likely N-dealkylation sites (N-methyl/N-ethyl adjacent to an activating group) is 1. The van der Waals surface area contributed by atoms with Crippen molar-refractivity contribution in [2.24, 2.45) is 7.05 Å². The molecular weight excluding hydrogens is 246 g/mol. The van der Waals surface area contributed by atoms with E-state index in [1.54, 1.807) is 0 Å². The zero-order valence-corrected chi connectivity index (χ0v) is 13.2. The fourth-order valence-electron chi connectivity index (χ4n) is 2.86. The van der Waals surface area contributed by atoms with E-state index in [0.29, 0.717) is 6.04 Å². The third-order valence-electron chi connectivity index (χ3n) is 3.73. The second kappa shape index (κ2) is 6.23. The van der Waals surface area contributed by atoms with Crippen LogP contribution in [0.5, 0.6) is 0 Å². The topological polar surface area (TPSA) is 29.9 Å². The van der Waals surface area contributed by atoms with E-state index in [1.165, 1.54) is 22.4 Å². The molecule has 1 heterocycles. The standard InChI is InChI=1S/C17H25N3/c1-12-6-13(2)8-15(7-12)10-16(18-4)11-17-9-14(3)19-20(17)5/h6-9,16,18H,10-11H2,1-5H3. The summed E-state index contributed by atoms with van der Waals surface area (Å²) >= 11 is 0. The highest BCUT2D eigenvalue weighted by molar-refractivity contribution is 5.29. The Morgan fingerprint density at radius 2 is 1.70 bits per heavy atom. The van der Waals surface area contributed by atoms with Gasteiger partial charge in [0, 0.05) is 25.2 Å². The highest BCUT2D eigenvalue weighted by Gasteiger charge is 2.12. The van der Waals surface area contributed by atoms with Gasteiger partial charge in [0.05, 0.1) is 5.69 Å². The SMILES string of the molecule is CNC(Cc1cc(C)cc(C)c1)Cc1cc(C)nn1C. The van der Waals surface area contributed by atoms with E-state index in [9.17, 15) is 0 Å². The molecule has 0 aliphatic heterocycles. The van der Waals surface area contributed by atoms with Crippen LogP contribution in [0.1, 0.15) is 28.1 Å². The van der Waals surface area contributed by atoms with Crippen molar-refractivity contribution in [1.82, 2.24) is 15.1 Å². The monoisotopic (exact) mass is 271 g/mol. The highest BCUT2D eigenvalue weighted by atomic mass is 15.3. The van der Waals surface area contributed by atoms with Crippen LogP contribution in [0, 0.1) is 20.8 Å². The first-order valence-corrected chi connectivity index (χ1v) is 7.22. The summed E-state index contributed by atoms with van der Waals surface area (Å²) in [6.07, 6.45) is 2.05. The predicted octanol–water partition coefficient (Wildman–Crippen LogP) is 2.72. The molecule has 0 aliphatic carbocycles. The third-order valence-corrected chi connectivity index (χ3v) is 3.73. The lowest BCUT2D eigenvalue weighted by atomic mass is 9.98. The fourth-order valence-corrected chi connectivity index (χ4v) is 2.86. The van der Waals surface area contributed by atoms with E-state index in [-0.39, 0.29) is 0 Å². The number of aryl methyl sites for hydroxylation is 4. The van der Waals surface area contributed by atoms with Gasteiger partial charge in [0.15, 0.2) is 0 Å². The minimum atomic E-state index is 0.436. The van der Waals surface area contributed by atoms with Gasteiger partial charge >= 0.3 is 0 Å². The predicted molar refractivity (Wildman–Crippen MR) is 84.1 cm³/mol. The van der Waals surface area contributed by atoms with Gasteiger partial charge in [0.1, 0.15) is 0 Å². The number of nitrogens with one attached hydrogen (secondary N) is 1. The molecule has 0 bridgehead atoms. The average Bonchev–Trinajstić information content (AvgIpc) is 2.65. The number of hydrogen-bond acceptors (Lipinski definition) is 2. The van der Waals surface area contributed by atoms with Gasteiger partial charge < -0.3 is 5.32 Å². The molecule has 1 aromatic heterocycles. The first-order chi connectivity index (χ1) is 9.47. The second-order valence-corrected chi connectivity index (χ2v) is 5.79. The van der Waals surface area contributed by atoms with Crippen molar-refractivity contribution < 1.29 is 0 Å². The number of aromatic nitrogens is 2. The molecule has 1 aromatic carbocycles. The van der Waals surface area contributed by atoms with Gasteiger partial charge in [-0.3, -0.25) is 4.68 Å². The Bertz CT molecular complexity index is 564. The number of nitrogens with zero attached hydrogens (tertiary/aromatic N) is 2. The van der Waals surface area contributed by atoms with Crippen molar-refractivity contribution in [3.63, 3.8) is 0 Å². The lowest BCUT2D eigenvalue weighted by molar-refractivity contribution is 0.533. The Morgan fingerprint density at radius 3 is 2.20 bits per heavy atom. The Kier molecular flexibility index (Phi) is 4.61. The molecule has 0 spiro atoms. The Labute approximate surface area is 122 Å². The van der Waals surface area contributed by atoms with Crippen LogP contribution < -0.4 is 5.32 Å². The van der Waals surface area contributed by atoms with Crippen LogP contribution in [0.15, 0.2) is 24.3 Å². The zero-order chi connectivity index (χ0) is 14.7. The highest BCUT2D eigenvalue weighted by Crippen LogP contribution is 2.13. The summed E-state index contributed by atoms with van der Waals surface area (Å²) in [5.74, 6) is 0.